The van der Waals surface area contributed by atoms with Crippen LogP contribution in [0.15, 0.2) is 18.2 Å². The third-order valence-electron chi connectivity index (χ3n) is 6.90. The topological polar surface area (TPSA) is 96.6 Å². The molecule has 0 spiro atoms. The van der Waals surface area contributed by atoms with Gasteiger partial charge in [0.15, 0.2) is 5.69 Å². The monoisotopic (exact) mass is 567 g/mol. The molecule has 1 aromatic carbocycles. The Morgan fingerprint density at radius 3 is 2.63 bits per heavy atom. The minimum absolute atomic E-state index is 0.0161. The van der Waals surface area contributed by atoms with Crippen LogP contribution in [0, 0.1) is 11.8 Å². The molecule has 0 aliphatic heterocycles. The molecule has 1 heterocycles. The summed E-state index contributed by atoms with van der Waals surface area (Å²) in [5.41, 5.74) is -1.56. The summed E-state index contributed by atoms with van der Waals surface area (Å²) in [6, 6.07) is 3.74. The molecule has 7 nitrogen and oxygen atoms in total. The number of aliphatic hydroxyl groups excluding tert-OH is 1. The Hall–Kier alpha value is -2.44. The molecule has 0 saturated heterocycles. The highest BCUT2D eigenvalue weighted by Gasteiger charge is 2.41. The van der Waals surface area contributed by atoms with Crippen molar-refractivity contribution in [3.8, 4) is 17.0 Å². The first-order valence-electron chi connectivity index (χ1n) is 12.3. The summed E-state index contributed by atoms with van der Waals surface area (Å²) in [7, 11) is 0. The number of halogens is 6. The molecule has 1 aromatic heterocycles. The van der Waals surface area contributed by atoms with E-state index >= 15 is 0 Å². The lowest BCUT2D eigenvalue weighted by molar-refractivity contribution is -0.169. The highest BCUT2D eigenvalue weighted by atomic mass is 35.5. The molecule has 3 N–H and O–H groups in total. The average molecular weight is 568 g/mol. The van der Waals surface area contributed by atoms with Crippen molar-refractivity contribution in [1.29, 1.82) is 0 Å². The molecular weight excluding hydrogens is 537 g/mol. The summed E-state index contributed by atoms with van der Waals surface area (Å²) in [4.78, 5) is 12.9. The zero-order valence-corrected chi connectivity index (χ0v) is 21.9. The first-order chi connectivity index (χ1) is 17.7. The fraction of sp³-hybridized carbons (Fsp3) is 0.600. The molecule has 212 valence electrons. The van der Waals surface area contributed by atoms with Gasteiger partial charge in [0.05, 0.1) is 22.7 Å². The van der Waals surface area contributed by atoms with Crippen LogP contribution in [0.5, 0.6) is 5.75 Å². The quantitative estimate of drug-likeness (QED) is 0.362. The molecule has 1 fully saturated rings. The van der Waals surface area contributed by atoms with Crippen molar-refractivity contribution in [2.75, 3.05) is 6.54 Å². The summed E-state index contributed by atoms with van der Waals surface area (Å²) in [6.07, 6.45) is -4.61. The van der Waals surface area contributed by atoms with Crippen LogP contribution in [0.25, 0.3) is 11.3 Å². The van der Waals surface area contributed by atoms with Gasteiger partial charge in [0.25, 0.3) is 5.91 Å². The number of aromatic nitrogens is 2. The van der Waals surface area contributed by atoms with E-state index < -0.39 is 48.5 Å². The van der Waals surface area contributed by atoms with Crippen molar-refractivity contribution >= 4 is 17.5 Å². The highest BCUT2D eigenvalue weighted by Crippen LogP contribution is 2.39. The van der Waals surface area contributed by atoms with Crippen LogP contribution in [0.2, 0.25) is 5.02 Å². The second kappa shape index (κ2) is 11.7. The van der Waals surface area contributed by atoms with Gasteiger partial charge in [0, 0.05) is 18.7 Å². The van der Waals surface area contributed by atoms with E-state index in [4.69, 9.17) is 11.6 Å². The molecule has 38 heavy (non-hydrogen) atoms. The van der Waals surface area contributed by atoms with Gasteiger partial charge < -0.3 is 20.3 Å². The second-order valence-electron chi connectivity index (χ2n) is 9.86. The van der Waals surface area contributed by atoms with E-state index in [1.54, 1.807) is 6.92 Å². The maximum Gasteiger partial charge on any atom is 0.391 e. The molecule has 0 radical (unpaired) electrons. The largest absolute Gasteiger partial charge is 0.434 e. The van der Waals surface area contributed by atoms with Gasteiger partial charge in [0.1, 0.15) is 11.4 Å². The number of carbonyl (C=O) groups is 1. The number of alkyl halides is 5. The van der Waals surface area contributed by atoms with Gasteiger partial charge in [0.2, 0.25) is 0 Å². The number of hydrogen-bond donors (Lipinski definition) is 3. The van der Waals surface area contributed by atoms with E-state index in [1.807, 2.05) is 6.92 Å². The highest BCUT2D eigenvalue weighted by molar-refractivity contribution is 6.36. The number of hydrogen-bond acceptors (Lipinski definition) is 5. The zero-order valence-electron chi connectivity index (χ0n) is 21.2. The number of rotatable bonds is 9. The van der Waals surface area contributed by atoms with Gasteiger partial charge in [-0.05, 0) is 56.2 Å². The van der Waals surface area contributed by atoms with E-state index in [9.17, 15) is 37.0 Å². The van der Waals surface area contributed by atoms with Crippen LogP contribution in [0.4, 0.5) is 22.0 Å². The first kappa shape index (κ1) is 30.1. The molecular formula is C25H31ClF5N3O4. The van der Waals surface area contributed by atoms with Crippen LogP contribution < -0.4 is 10.1 Å². The number of benzene rings is 1. The van der Waals surface area contributed by atoms with E-state index in [2.05, 4.69) is 15.2 Å². The van der Waals surface area contributed by atoms with Crippen LogP contribution in [-0.4, -0.2) is 56.9 Å². The SMILES string of the molecule is CCn1nc(C(=O)NC[C@@]2(O)CC[C@H](C)C[C@@H]2O)c(Cl)c1-c1ccc(C[C@@H](C)C(F)(F)F)cc1OC(F)F. The van der Waals surface area contributed by atoms with Crippen LogP contribution in [0.3, 0.4) is 0 Å². The van der Waals surface area contributed by atoms with Gasteiger partial charge in [-0.2, -0.15) is 27.1 Å². The molecule has 1 saturated carbocycles. The predicted octanol–water partition coefficient (Wildman–Crippen LogP) is 5.21. The molecule has 1 aliphatic rings. The van der Waals surface area contributed by atoms with Gasteiger partial charge in [-0.25, -0.2) is 0 Å². The summed E-state index contributed by atoms with van der Waals surface area (Å²) in [5, 5.41) is 27.6. The Bertz CT molecular complexity index is 1140. The molecule has 0 unspecified atom stereocenters. The Morgan fingerprint density at radius 2 is 2.05 bits per heavy atom. The maximum absolute atomic E-state index is 13.2. The van der Waals surface area contributed by atoms with Crippen molar-refractivity contribution in [3.63, 3.8) is 0 Å². The Balaban J connectivity index is 1.92. The Labute approximate surface area is 221 Å². The molecule has 13 heteroatoms. The van der Waals surface area contributed by atoms with Gasteiger partial charge in [-0.15, -0.1) is 0 Å². The summed E-state index contributed by atoms with van der Waals surface area (Å²) in [5.74, 6) is -2.65. The van der Waals surface area contributed by atoms with E-state index in [0.717, 1.165) is 13.0 Å². The molecule has 3 rings (SSSR count). The fourth-order valence-electron chi connectivity index (χ4n) is 4.53. The third-order valence-corrected chi connectivity index (χ3v) is 7.26. The second-order valence-corrected chi connectivity index (χ2v) is 10.2. The minimum Gasteiger partial charge on any atom is -0.434 e. The van der Waals surface area contributed by atoms with Crippen molar-refractivity contribution in [1.82, 2.24) is 15.1 Å². The minimum atomic E-state index is -4.46. The first-order valence-corrected chi connectivity index (χ1v) is 12.6. The molecule has 2 aromatic rings. The van der Waals surface area contributed by atoms with E-state index in [1.165, 1.54) is 16.8 Å². The van der Waals surface area contributed by atoms with Gasteiger partial charge in [-0.1, -0.05) is 31.5 Å². The molecule has 1 amide bonds. The Morgan fingerprint density at radius 1 is 1.37 bits per heavy atom. The standard InChI is InChI=1S/C25H31ClF5N3O4/c1-4-34-21(16-6-5-15(10-14(3)25(29,30)31)11-17(16)38-23(27)28)19(26)20(33-34)22(36)32-12-24(37)8-7-13(2)9-18(24)35/h5-6,11,13-14,18,23,35,37H,4,7-10,12H2,1-3H3,(H,32,36)/t13-,14+,18-,24-/m0/s1. The number of nitrogens with zero attached hydrogens (tertiary/aromatic N) is 2. The van der Waals surface area contributed by atoms with Crippen molar-refractivity contribution in [3.05, 3.63) is 34.5 Å². The van der Waals surface area contributed by atoms with Crippen molar-refractivity contribution in [2.24, 2.45) is 11.8 Å². The normalized spacial score (nSPS) is 22.9. The summed E-state index contributed by atoms with van der Waals surface area (Å²) >= 11 is 6.49. The predicted molar refractivity (Wildman–Crippen MR) is 130 cm³/mol. The van der Waals surface area contributed by atoms with Gasteiger partial charge >= 0.3 is 12.8 Å². The molecule has 1 aliphatic carbocycles. The number of ether oxygens (including phenoxy) is 1. The number of aliphatic hydroxyl groups is 2. The smallest absolute Gasteiger partial charge is 0.391 e. The van der Waals surface area contributed by atoms with Crippen molar-refractivity contribution < 1.29 is 41.7 Å². The number of carbonyl (C=O) groups excluding carboxylic acids is 1. The number of aryl methyl sites for hydroxylation is 1. The molecule has 4 atom stereocenters. The third kappa shape index (κ3) is 6.76. The average Bonchev–Trinajstić information content (AvgIpc) is 3.15. The number of nitrogens with one attached hydrogen (secondary N) is 1. The molecule has 0 bridgehead atoms. The summed E-state index contributed by atoms with van der Waals surface area (Å²) < 4.78 is 71.4. The van der Waals surface area contributed by atoms with Crippen molar-refractivity contribution in [2.45, 2.75) is 77.5 Å². The lowest BCUT2D eigenvalue weighted by atomic mass is 9.77. The zero-order chi connectivity index (χ0) is 28.4. The van der Waals surface area contributed by atoms with Crippen LogP contribution in [-0.2, 0) is 13.0 Å². The lowest BCUT2D eigenvalue weighted by Crippen LogP contribution is -2.54. The maximum atomic E-state index is 13.2. The fourth-order valence-corrected chi connectivity index (χ4v) is 4.85. The number of amides is 1. The van der Waals surface area contributed by atoms with Gasteiger partial charge in [-0.3, -0.25) is 9.48 Å². The van der Waals surface area contributed by atoms with Crippen LogP contribution >= 0.6 is 11.6 Å². The van der Waals surface area contributed by atoms with E-state index in [0.29, 0.717) is 12.8 Å². The summed E-state index contributed by atoms with van der Waals surface area (Å²) in [6.45, 7) is 1.26. The van der Waals surface area contributed by atoms with Crippen LogP contribution in [0.1, 0.15) is 56.1 Å². The lowest BCUT2D eigenvalue weighted by Gasteiger charge is -2.39. The van der Waals surface area contributed by atoms with E-state index in [-0.39, 0.29) is 53.0 Å². The Kier molecular flexibility index (Phi) is 9.31.